The maximum atomic E-state index is 10.9. The number of aromatic nitrogens is 2. The summed E-state index contributed by atoms with van der Waals surface area (Å²) < 4.78 is 16.2. The number of nitrogen functional groups attached to an aromatic ring is 1. The molecule has 0 fully saturated rings. The molecule has 3 aromatic rings. The second-order valence-electron chi connectivity index (χ2n) is 5.71. The van der Waals surface area contributed by atoms with Gasteiger partial charge in [0.1, 0.15) is 0 Å². The van der Waals surface area contributed by atoms with Crippen molar-refractivity contribution >= 4 is 11.6 Å². The molecule has 9 nitrogen and oxygen atoms in total. The normalized spacial score (nSPS) is 10.4. The van der Waals surface area contributed by atoms with Crippen molar-refractivity contribution in [2.24, 2.45) is 0 Å². The standard InChI is InChI=1S/C19H18N4O5/c1-26-15-8-12(9-16(27-2)18(15)28-3)17-14(10-21-19(20)22-17)11-4-6-13(7-5-11)23(24)25/h4-10H,1-3H3,(H2,20,21,22). The smallest absolute Gasteiger partial charge is 0.269 e. The minimum absolute atomic E-state index is 0.00514. The molecule has 28 heavy (non-hydrogen) atoms. The van der Waals surface area contributed by atoms with Gasteiger partial charge >= 0.3 is 0 Å². The maximum Gasteiger partial charge on any atom is 0.269 e. The second kappa shape index (κ2) is 7.78. The Morgan fingerprint density at radius 1 is 0.964 bits per heavy atom. The maximum absolute atomic E-state index is 10.9. The van der Waals surface area contributed by atoms with Crippen LogP contribution >= 0.6 is 0 Å². The van der Waals surface area contributed by atoms with Crippen molar-refractivity contribution in [3.63, 3.8) is 0 Å². The van der Waals surface area contributed by atoms with E-state index in [-0.39, 0.29) is 11.6 Å². The molecule has 0 amide bonds. The lowest BCUT2D eigenvalue weighted by atomic mass is 10.00. The van der Waals surface area contributed by atoms with Gasteiger partial charge < -0.3 is 19.9 Å². The van der Waals surface area contributed by atoms with Gasteiger partial charge in [-0.05, 0) is 29.8 Å². The quantitative estimate of drug-likeness (QED) is 0.509. The minimum atomic E-state index is -0.455. The van der Waals surface area contributed by atoms with Gasteiger partial charge in [0.25, 0.3) is 5.69 Å². The summed E-state index contributed by atoms with van der Waals surface area (Å²) in [5.74, 6) is 1.47. The topological polar surface area (TPSA) is 123 Å². The van der Waals surface area contributed by atoms with Crippen molar-refractivity contribution < 1.29 is 19.1 Å². The SMILES string of the molecule is COc1cc(-c2nc(N)ncc2-c2ccc([N+](=O)[O-])cc2)cc(OC)c1OC. The van der Waals surface area contributed by atoms with Crippen LogP contribution in [0.3, 0.4) is 0 Å². The Morgan fingerprint density at radius 3 is 2.07 bits per heavy atom. The molecule has 0 aliphatic rings. The Morgan fingerprint density at radius 2 is 1.57 bits per heavy atom. The molecule has 0 atom stereocenters. The zero-order valence-corrected chi connectivity index (χ0v) is 15.5. The monoisotopic (exact) mass is 382 g/mol. The van der Waals surface area contributed by atoms with E-state index in [0.717, 1.165) is 0 Å². The molecule has 0 spiro atoms. The van der Waals surface area contributed by atoms with Gasteiger partial charge in [0.2, 0.25) is 11.7 Å². The highest BCUT2D eigenvalue weighted by Crippen LogP contribution is 2.42. The van der Waals surface area contributed by atoms with Crippen molar-refractivity contribution in [1.82, 2.24) is 9.97 Å². The van der Waals surface area contributed by atoms with Crippen molar-refractivity contribution in [3.05, 3.63) is 52.7 Å². The fourth-order valence-corrected chi connectivity index (χ4v) is 2.81. The summed E-state index contributed by atoms with van der Waals surface area (Å²) in [5.41, 5.74) is 8.35. The van der Waals surface area contributed by atoms with E-state index < -0.39 is 4.92 Å². The molecule has 1 heterocycles. The number of hydrogen-bond donors (Lipinski definition) is 1. The van der Waals surface area contributed by atoms with Crippen LogP contribution in [0.15, 0.2) is 42.6 Å². The van der Waals surface area contributed by atoms with Gasteiger partial charge in [-0.1, -0.05) is 0 Å². The molecule has 0 radical (unpaired) electrons. The number of benzene rings is 2. The third kappa shape index (κ3) is 3.50. The van der Waals surface area contributed by atoms with Crippen molar-refractivity contribution in [3.8, 4) is 39.6 Å². The van der Waals surface area contributed by atoms with E-state index in [1.165, 1.54) is 33.5 Å². The van der Waals surface area contributed by atoms with E-state index in [4.69, 9.17) is 19.9 Å². The fourth-order valence-electron chi connectivity index (χ4n) is 2.81. The molecular weight excluding hydrogens is 364 g/mol. The zero-order chi connectivity index (χ0) is 20.3. The van der Waals surface area contributed by atoms with Crippen LogP contribution in [-0.4, -0.2) is 36.2 Å². The molecule has 3 rings (SSSR count). The molecule has 9 heteroatoms. The number of nitro benzene ring substituents is 1. The summed E-state index contributed by atoms with van der Waals surface area (Å²) in [7, 11) is 4.56. The number of hydrogen-bond acceptors (Lipinski definition) is 8. The number of non-ortho nitro benzene ring substituents is 1. The van der Waals surface area contributed by atoms with Crippen molar-refractivity contribution in [2.45, 2.75) is 0 Å². The minimum Gasteiger partial charge on any atom is -0.493 e. The molecular formula is C19H18N4O5. The van der Waals surface area contributed by atoms with E-state index in [2.05, 4.69) is 9.97 Å². The van der Waals surface area contributed by atoms with E-state index in [0.29, 0.717) is 39.6 Å². The van der Waals surface area contributed by atoms with Crippen molar-refractivity contribution in [1.29, 1.82) is 0 Å². The summed E-state index contributed by atoms with van der Waals surface area (Å²) in [6.07, 6.45) is 1.57. The summed E-state index contributed by atoms with van der Waals surface area (Å²) in [5, 5.41) is 10.9. The van der Waals surface area contributed by atoms with Gasteiger partial charge in [0.05, 0.1) is 31.9 Å². The molecule has 0 unspecified atom stereocenters. The van der Waals surface area contributed by atoms with Crippen LogP contribution in [0.2, 0.25) is 0 Å². The highest BCUT2D eigenvalue weighted by molar-refractivity contribution is 5.83. The Balaban J connectivity index is 2.20. The predicted molar refractivity (Wildman–Crippen MR) is 104 cm³/mol. The average Bonchev–Trinajstić information content (AvgIpc) is 2.72. The number of ether oxygens (including phenoxy) is 3. The van der Waals surface area contributed by atoms with Gasteiger partial charge in [-0.3, -0.25) is 10.1 Å². The Labute approximate surface area is 160 Å². The lowest BCUT2D eigenvalue weighted by molar-refractivity contribution is -0.384. The number of anilines is 1. The third-order valence-corrected chi connectivity index (χ3v) is 4.13. The van der Waals surface area contributed by atoms with Gasteiger partial charge in [-0.25, -0.2) is 9.97 Å². The van der Waals surface area contributed by atoms with Gasteiger partial charge in [-0.15, -0.1) is 0 Å². The first-order valence-corrected chi connectivity index (χ1v) is 8.16. The van der Waals surface area contributed by atoms with Crippen molar-refractivity contribution in [2.75, 3.05) is 27.1 Å². The van der Waals surface area contributed by atoms with Crippen LogP contribution in [-0.2, 0) is 0 Å². The highest BCUT2D eigenvalue weighted by atomic mass is 16.6. The lowest BCUT2D eigenvalue weighted by Crippen LogP contribution is -2.00. The molecule has 2 aromatic carbocycles. The molecule has 2 N–H and O–H groups in total. The Kier molecular flexibility index (Phi) is 5.25. The molecule has 0 bridgehead atoms. The molecule has 1 aromatic heterocycles. The molecule has 0 aliphatic carbocycles. The van der Waals surface area contributed by atoms with E-state index in [1.54, 1.807) is 30.5 Å². The van der Waals surface area contributed by atoms with E-state index in [9.17, 15) is 10.1 Å². The van der Waals surface area contributed by atoms with Gasteiger partial charge in [0.15, 0.2) is 11.5 Å². The lowest BCUT2D eigenvalue weighted by Gasteiger charge is -2.15. The first kappa shape index (κ1) is 18.9. The first-order chi connectivity index (χ1) is 13.5. The molecule has 0 saturated heterocycles. The summed E-state index contributed by atoms with van der Waals surface area (Å²) in [4.78, 5) is 18.9. The van der Waals surface area contributed by atoms with Crippen LogP contribution in [0.5, 0.6) is 17.2 Å². The predicted octanol–water partition coefficient (Wildman–Crippen LogP) is 3.33. The number of rotatable bonds is 6. The number of methoxy groups -OCH3 is 3. The summed E-state index contributed by atoms with van der Waals surface area (Å²) >= 11 is 0. The zero-order valence-electron chi connectivity index (χ0n) is 15.5. The third-order valence-electron chi connectivity index (χ3n) is 4.13. The molecule has 144 valence electrons. The van der Waals surface area contributed by atoms with E-state index >= 15 is 0 Å². The molecule has 0 saturated carbocycles. The number of nitrogens with zero attached hydrogens (tertiary/aromatic N) is 3. The van der Waals surface area contributed by atoms with Crippen LogP contribution in [0, 0.1) is 10.1 Å². The Hall–Kier alpha value is -3.88. The summed E-state index contributed by atoms with van der Waals surface area (Å²) in [6.45, 7) is 0. The second-order valence-corrected chi connectivity index (χ2v) is 5.71. The number of nitrogens with two attached hydrogens (primary N) is 1. The largest absolute Gasteiger partial charge is 0.493 e. The first-order valence-electron chi connectivity index (χ1n) is 8.16. The van der Waals surface area contributed by atoms with Crippen LogP contribution in [0.25, 0.3) is 22.4 Å². The average molecular weight is 382 g/mol. The van der Waals surface area contributed by atoms with Crippen LogP contribution in [0.4, 0.5) is 11.6 Å². The fraction of sp³-hybridized carbons (Fsp3) is 0.158. The van der Waals surface area contributed by atoms with Gasteiger partial charge in [-0.2, -0.15) is 0 Å². The molecule has 0 aliphatic heterocycles. The summed E-state index contributed by atoms with van der Waals surface area (Å²) in [6, 6.07) is 9.61. The highest BCUT2D eigenvalue weighted by Gasteiger charge is 2.18. The van der Waals surface area contributed by atoms with Gasteiger partial charge in [0, 0.05) is 29.5 Å². The van der Waals surface area contributed by atoms with E-state index in [1.807, 2.05) is 0 Å². The number of nitro groups is 1. The van der Waals surface area contributed by atoms with Crippen LogP contribution in [0.1, 0.15) is 0 Å². The Bertz CT molecular complexity index is 996. The van der Waals surface area contributed by atoms with Crippen LogP contribution < -0.4 is 19.9 Å².